The monoisotopic (exact) mass is 278 g/mol. The highest BCUT2D eigenvalue weighted by Crippen LogP contribution is 2.27. The van der Waals surface area contributed by atoms with Crippen molar-refractivity contribution in [3.8, 4) is 17.1 Å². The van der Waals surface area contributed by atoms with E-state index in [-0.39, 0.29) is 13.0 Å². The van der Waals surface area contributed by atoms with Gasteiger partial charge in [-0.15, -0.1) is 0 Å². The fourth-order valence-electron chi connectivity index (χ4n) is 1.83. The maximum Gasteiger partial charge on any atom is 0.229 e. The van der Waals surface area contributed by atoms with Crippen LogP contribution in [0.2, 0.25) is 0 Å². The van der Waals surface area contributed by atoms with Crippen molar-refractivity contribution in [2.75, 3.05) is 20.3 Å². The third-order valence-electron chi connectivity index (χ3n) is 2.67. The van der Waals surface area contributed by atoms with Gasteiger partial charge in [0, 0.05) is 7.11 Å². The molecule has 6 nitrogen and oxygen atoms in total. The van der Waals surface area contributed by atoms with E-state index in [1.165, 1.54) is 7.11 Å². The first-order valence-corrected chi connectivity index (χ1v) is 6.46. The van der Waals surface area contributed by atoms with Crippen LogP contribution in [0, 0.1) is 0 Å². The van der Waals surface area contributed by atoms with Crippen molar-refractivity contribution in [2.45, 2.75) is 19.4 Å². The zero-order valence-corrected chi connectivity index (χ0v) is 11.6. The van der Waals surface area contributed by atoms with Gasteiger partial charge in [-0.2, -0.15) is 4.98 Å². The lowest BCUT2D eigenvalue weighted by Gasteiger charge is -2.06. The van der Waals surface area contributed by atoms with Crippen LogP contribution in [-0.4, -0.2) is 41.7 Å². The molecule has 0 spiro atoms. The van der Waals surface area contributed by atoms with E-state index in [1.807, 2.05) is 31.2 Å². The summed E-state index contributed by atoms with van der Waals surface area (Å²) in [5.74, 6) is 1.53. The summed E-state index contributed by atoms with van der Waals surface area (Å²) in [6, 6.07) is 7.49. The standard InChI is InChI=1S/C14H18N2O4/c1-3-19-12-7-5-4-6-11(12)14-15-13(20-16-14)8-10(17)9-18-2/h4-7,10,17H,3,8-9H2,1-2H3. The minimum Gasteiger partial charge on any atom is -0.493 e. The van der Waals surface area contributed by atoms with Gasteiger partial charge in [0.25, 0.3) is 0 Å². The molecular formula is C14H18N2O4. The quantitative estimate of drug-likeness (QED) is 0.830. The second-order valence-electron chi connectivity index (χ2n) is 4.25. The number of methoxy groups -OCH3 is 1. The molecule has 0 aliphatic heterocycles. The van der Waals surface area contributed by atoms with Gasteiger partial charge in [0.1, 0.15) is 5.75 Å². The van der Waals surface area contributed by atoms with E-state index < -0.39 is 6.10 Å². The summed E-state index contributed by atoms with van der Waals surface area (Å²) in [5.41, 5.74) is 0.769. The minimum atomic E-state index is -0.657. The first kappa shape index (κ1) is 14.5. The van der Waals surface area contributed by atoms with Crippen molar-refractivity contribution >= 4 is 0 Å². The van der Waals surface area contributed by atoms with E-state index in [4.69, 9.17) is 14.0 Å². The molecule has 0 saturated heterocycles. The third-order valence-corrected chi connectivity index (χ3v) is 2.67. The Bertz CT molecular complexity index is 541. The van der Waals surface area contributed by atoms with Gasteiger partial charge in [0.2, 0.25) is 11.7 Å². The molecule has 20 heavy (non-hydrogen) atoms. The zero-order chi connectivity index (χ0) is 14.4. The number of benzene rings is 1. The molecule has 0 fully saturated rings. The van der Waals surface area contributed by atoms with Gasteiger partial charge >= 0.3 is 0 Å². The Morgan fingerprint density at radius 3 is 2.90 bits per heavy atom. The number of aliphatic hydroxyl groups is 1. The molecule has 2 rings (SSSR count). The number of rotatable bonds is 7. The summed E-state index contributed by atoms with van der Waals surface area (Å²) < 4.78 is 15.5. The first-order valence-electron chi connectivity index (χ1n) is 6.46. The van der Waals surface area contributed by atoms with Crippen molar-refractivity contribution in [1.29, 1.82) is 0 Å². The second kappa shape index (κ2) is 7.02. The first-order chi connectivity index (χ1) is 9.74. The summed E-state index contributed by atoms with van der Waals surface area (Å²) in [6.45, 7) is 2.71. The molecule has 0 aliphatic carbocycles. The Morgan fingerprint density at radius 1 is 1.35 bits per heavy atom. The molecule has 0 saturated carbocycles. The zero-order valence-electron chi connectivity index (χ0n) is 11.6. The van der Waals surface area contributed by atoms with Crippen LogP contribution >= 0.6 is 0 Å². The van der Waals surface area contributed by atoms with Crippen LogP contribution in [0.1, 0.15) is 12.8 Å². The number of ether oxygens (including phenoxy) is 2. The van der Waals surface area contributed by atoms with E-state index in [0.717, 1.165) is 5.56 Å². The number of nitrogens with zero attached hydrogens (tertiary/aromatic N) is 2. The van der Waals surface area contributed by atoms with E-state index in [0.29, 0.717) is 24.1 Å². The topological polar surface area (TPSA) is 77.6 Å². The van der Waals surface area contributed by atoms with Gasteiger partial charge in [-0.05, 0) is 19.1 Å². The van der Waals surface area contributed by atoms with E-state index in [2.05, 4.69) is 10.1 Å². The maximum absolute atomic E-state index is 9.64. The fourth-order valence-corrected chi connectivity index (χ4v) is 1.83. The van der Waals surface area contributed by atoms with Gasteiger partial charge in [-0.3, -0.25) is 0 Å². The molecule has 0 radical (unpaired) electrons. The number of hydrogen-bond acceptors (Lipinski definition) is 6. The molecule has 1 N–H and O–H groups in total. The Labute approximate surface area is 117 Å². The predicted octanol–water partition coefficient (Wildman–Crippen LogP) is 1.69. The van der Waals surface area contributed by atoms with Gasteiger partial charge in [0.05, 0.1) is 31.3 Å². The lowest BCUT2D eigenvalue weighted by Crippen LogP contribution is -2.17. The predicted molar refractivity (Wildman–Crippen MR) is 72.5 cm³/mol. The molecule has 1 unspecified atom stereocenters. The Morgan fingerprint density at radius 2 is 2.15 bits per heavy atom. The average molecular weight is 278 g/mol. The fraction of sp³-hybridized carbons (Fsp3) is 0.429. The summed E-state index contributed by atoms with van der Waals surface area (Å²) in [4.78, 5) is 4.27. The van der Waals surface area contributed by atoms with Crippen LogP contribution in [0.25, 0.3) is 11.4 Å². The number of aromatic nitrogens is 2. The highest BCUT2D eigenvalue weighted by molar-refractivity contribution is 5.63. The molecule has 1 heterocycles. The SMILES string of the molecule is CCOc1ccccc1-c1noc(CC(O)COC)n1. The molecule has 0 bridgehead atoms. The highest BCUT2D eigenvalue weighted by Gasteiger charge is 2.15. The van der Waals surface area contributed by atoms with Crippen molar-refractivity contribution in [1.82, 2.24) is 10.1 Å². The van der Waals surface area contributed by atoms with Gasteiger partial charge in [0.15, 0.2) is 0 Å². The number of para-hydroxylation sites is 1. The number of hydrogen-bond donors (Lipinski definition) is 1. The average Bonchev–Trinajstić information content (AvgIpc) is 2.88. The van der Waals surface area contributed by atoms with Crippen molar-refractivity contribution in [3.05, 3.63) is 30.2 Å². The molecule has 1 atom stereocenters. The molecule has 0 aliphatic rings. The molecule has 6 heteroatoms. The Kier molecular flexibility index (Phi) is 5.09. The van der Waals surface area contributed by atoms with Gasteiger partial charge in [-0.25, -0.2) is 0 Å². The molecule has 1 aromatic heterocycles. The maximum atomic E-state index is 9.64. The van der Waals surface area contributed by atoms with Crippen LogP contribution < -0.4 is 4.74 Å². The van der Waals surface area contributed by atoms with Crippen LogP contribution in [0.4, 0.5) is 0 Å². The number of aliphatic hydroxyl groups excluding tert-OH is 1. The Balaban J connectivity index is 2.16. The van der Waals surface area contributed by atoms with Crippen LogP contribution in [0.5, 0.6) is 5.75 Å². The highest BCUT2D eigenvalue weighted by atomic mass is 16.5. The van der Waals surface area contributed by atoms with Crippen LogP contribution in [-0.2, 0) is 11.2 Å². The van der Waals surface area contributed by atoms with Crippen LogP contribution in [0.3, 0.4) is 0 Å². The lowest BCUT2D eigenvalue weighted by atomic mass is 10.2. The van der Waals surface area contributed by atoms with E-state index in [9.17, 15) is 5.11 Å². The van der Waals surface area contributed by atoms with Crippen molar-refractivity contribution in [3.63, 3.8) is 0 Å². The van der Waals surface area contributed by atoms with E-state index >= 15 is 0 Å². The summed E-state index contributed by atoms with van der Waals surface area (Å²) in [5, 5.41) is 13.6. The molecule has 108 valence electrons. The van der Waals surface area contributed by atoms with E-state index in [1.54, 1.807) is 0 Å². The summed E-state index contributed by atoms with van der Waals surface area (Å²) in [7, 11) is 1.53. The third kappa shape index (κ3) is 3.55. The van der Waals surface area contributed by atoms with Gasteiger partial charge < -0.3 is 19.1 Å². The molecule has 0 amide bonds. The normalized spacial score (nSPS) is 12.3. The Hall–Kier alpha value is -1.92. The summed E-state index contributed by atoms with van der Waals surface area (Å²) in [6.07, 6.45) is -0.395. The van der Waals surface area contributed by atoms with Crippen molar-refractivity contribution < 1.29 is 19.1 Å². The van der Waals surface area contributed by atoms with Crippen LogP contribution in [0.15, 0.2) is 28.8 Å². The summed E-state index contributed by atoms with van der Waals surface area (Å²) >= 11 is 0. The molecule has 2 aromatic rings. The second-order valence-corrected chi connectivity index (χ2v) is 4.25. The molecule has 1 aromatic carbocycles. The molecular weight excluding hydrogens is 260 g/mol. The largest absolute Gasteiger partial charge is 0.493 e. The minimum absolute atomic E-state index is 0.229. The smallest absolute Gasteiger partial charge is 0.229 e. The van der Waals surface area contributed by atoms with Crippen molar-refractivity contribution in [2.24, 2.45) is 0 Å². The van der Waals surface area contributed by atoms with Gasteiger partial charge in [-0.1, -0.05) is 17.3 Å². The lowest BCUT2D eigenvalue weighted by molar-refractivity contribution is 0.0599.